The van der Waals surface area contributed by atoms with E-state index in [1.54, 1.807) is 35.8 Å². The van der Waals surface area contributed by atoms with Crippen molar-refractivity contribution in [2.75, 3.05) is 17.2 Å². The minimum atomic E-state index is -0.342. The lowest BCUT2D eigenvalue weighted by Crippen LogP contribution is -2.23. The maximum Gasteiger partial charge on any atom is 0.262 e. The van der Waals surface area contributed by atoms with Gasteiger partial charge in [-0.25, -0.2) is 4.98 Å². The van der Waals surface area contributed by atoms with E-state index < -0.39 is 0 Å². The number of aromatic nitrogens is 1. The van der Waals surface area contributed by atoms with Crippen LogP contribution in [0.2, 0.25) is 0 Å². The molecule has 1 aromatic heterocycles. The van der Waals surface area contributed by atoms with Gasteiger partial charge in [-0.3, -0.25) is 14.9 Å². The van der Waals surface area contributed by atoms with Gasteiger partial charge in [0.1, 0.15) is 5.75 Å². The minimum Gasteiger partial charge on any atom is -0.483 e. The molecule has 27 heavy (non-hydrogen) atoms. The lowest BCUT2D eigenvalue weighted by Gasteiger charge is -2.13. The number of aryl methyl sites for hydroxylation is 1. The molecule has 0 spiro atoms. The molecule has 0 bridgehead atoms. The van der Waals surface area contributed by atoms with Gasteiger partial charge in [0.25, 0.3) is 11.8 Å². The number of hydrogen-bond donors (Lipinski definition) is 2. The van der Waals surface area contributed by atoms with Crippen molar-refractivity contribution in [1.82, 2.24) is 4.98 Å². The van der Waals surface area contributed by atoms with E-state index in [1.165, 1.54) is 11.3 Å². The fraction of sp³-hybridized carbons (Fsp3) is 0.150. The van der Waals surface area contributed by atoms with E-state index >= 15 is 0 Å². The topological polar surface area (TPSA) is 80.3 Å². The SMILES string of the molecule is Cc1cccc(OCC(=O)Nc2ccccc2C(=O)Nc2nccs2)c1C. The van der Waals surface area contributed by atoms with Crippen LogP contribution in [0.25, 0.3) is 0 Å². The Balaban J connectivity index is 1.65. The second kappa shape index (κ2) is 8.46. The van der Waals surface area contributed by atoms with Gasteiger partial charge in [-0.2, -0.15) is 0 Å². The van der Waals surface area contributed by atoms with Crippen LogP contribution in [0.1, 0.15) is 21.5 Å². The van der Waals surface area contributed by atoms with E-state index in [1.807, 2.05) is 32.0 Å². The Morgan fingerprint density at radius 2 is 1.89 bits per heavy atom. The largest absolute Gasteiger partial charge is 0.483 e. The van der Waals surface area contributed by atoms with E-state index in [0.717, 1.165) is 11.1 Å². The van der Waals surface area contributed by atoms with Crippen molar-refractivity contribution in [3.8, 4) is 5.75 Å². The summed E-state index contributed by atoms with van der Waals surface area (Å²) in [5, 5.41) is 7.71. The highest BCUT2D eigenvalue weighted by atomic mass is 32.1. The predicted octanol–water partition coefficient (Wildman–Crippen LogP) is 4.03. The lowest BCUT2D eigenvalue weighted by atomic mass is 10.1. The molecule has 0 saturated heterocycles. The molecule has 0 aliphatic heterocycles. The zero-order valence-corrected chi connectivity index (χ0v) is 15.8. The third-order valence-electron chi connectivity index (χ3n) is 4.01. The van der Waals surface area contributed by atoms with Crippen molar-refractivity contribution in [2.45, 2.75) is 13.8 Å². The van der Waals surface area contributed by atoms with Crippen molar-refractivity contribution in [3.05, 3.63) is 70.7 Å². The van der Waals surface area contributed by atoms with Crippen molar-refractivity contribution in [1.29, 1.82) is 0 Å². The maximum atomic E-state index is 12.4. The summed E-state index contributed by atoms with van der Waals surface area (Å²) in [4.78, 5) is 28.8. The number of ether oxygens (including phenoxy) is 1. The number of hydrogen-bond acceptors (Lipinski definition) is 5. The first-order valence-electron chi connectivity index (χ1n) is 8.33. The summed E-state index contributed by atoms with van der Waals surface area (Å²) in [6, 6.07) is 12.5. The second-order valence-corrected chi connectivity index (χ2v) is 6.77. The average Bonchev–Trinajstić information content (AvgIpc) is 3.16. The van der Waals surface area contributed by atoms with Gasteiger partial charge in [0.05, 0.1) is 11.3 Å². The van der Waals surface area contributed by atoms with Crippen LogP contribution >= 0.6 is 11.3 Å². The van der Waals surface area contributed by atoms with Crippen LogP contribution in [0, 0.1) is 13.8 Å². The van der Waals surface area contributed by atoms with Crippen LogP contribution in [-0.2, 0) is 4.79 Å². The summed E-state index contributed by atoms with van der Waals surface area (Å²) in [7, 11) is 0. The highest BCUT2D eigenvalue weighted by molar-refractivity contribution is 7.13. The number of thiazole rings is 1. The first-order valence-corrected chi connectivity index (χ1v) is 9.21. The smallest absolute Gasteiger partial charge is 0.262 e. The van der Waals surface area contributed by atoms with Crippen molar-refractivity contribution in [2.24, 2.45) is 0 Å². The van der Waals surface area contributed by atoms with E-state index in [2.05, 4.69) is 15.6 Å². The first-order chi connectivity index (χ1) is 13.0. The van der Waals surface area contributed by atoms with E-state index in [0.29, 0.717) is 22.1 Å². The van der Waals surface area contributed by atoms with Crippen LogP contribution < -0.4 is 15.4 Å². The molecule has 0 radical (unpaired) electrons. The van der Waals surface area contributed by atoms with Gasteiger partial charge >= 0.3 is 0 Å². The van der Waals surface area contributed by atoms with Crippen molar-refractivity contribution < 1.29 is 14.3 Å². The van der Waals surface area contributed by atoms with Crippen LogP contribution in [0.15, 0.2) is 54.0 Å². The number of carbonyl (C=O) groups is 2. The van der Waals surface area contributed by atoms with Gasteiger partial charge < -0.3 is 10.1 Å². The Hall–Kier alpha value is -3.19. The zero-order valence-electron chi connectivity index (χ0n) is 15.0. The van der Waals surface area contributed by atoms with Crippen molar-refractivity contribution >= 4 is 34.0 Å². The van der Waals surface area contributed by atoms with E-state index in [-0.39, 0.29) is 18.4 Å². The summed E-state index contributed by atoms with van der Waals surface area (Å²) in [6.07, 6.45) is 1.61. The van der Waals surface area contributed by atoms with Crippen LogP contribution in [0.4, 0.5) is 10.8 Å². The highest BCUT2D eigenvalue weighted by Crippen LogP contribution is 2.21. The molecule has 0 aliphatic carbocycles. The molecule has 3 aromatic rings. The van der Waals surface area contributed by atoms with Gasteiger partial charge in [-0.05, 0) is 43.2 Å². The molecule has 3 rings (SSSR count). The Morgan fingerprint density at radius 1 is 1.07 bits per heavy atom. The number of rotatable bonds is 6. The van der Waals surface area contributed by atoms with Gasteiger partial charge in [-0.15, -0.1) is 11.3 Å². The zero-order chi connectivity index (χ0) is 19.2. The predicted molar refractivity (Wildman–Crippen MR) is 107 cm³/mol. The number of carbonyl (C=O) groups excluding carboxylic acids is 2. The number of anilines is 2. The maximum absolute atomic E-state index is 12.4. The Morgan fingerprint density at radius 3 is 2.67 bits per heavy atom. The Kier molecular flexibility index (Phi) is 5.83. The fourth-order valence-electron chi connectivity index (χ4n) is 2.45. The van der Waals surface area contributed by atoms with E-state index in [9.17, 15) is 9.59 Å². The number of nitrogens with zero attached hydrogens (tertiary/aromatic N) is 1. The number of benzene rings is 2. The first kappa shape index (κ1) is 18.6. The molecule has 0 fully saturated rings. The van der Waals surface area contributed by atoms with E-state index in [4.69, 9.17) is 4.74 Å². The third kappa shape index (κ3) is 4.71. The molecule has 6 nitrogen and oxygen atoms in total. The van der Waals surface area contributed by atoms with Gasteiger partial charge in [0, 0.05) is 11.6 Å². The Labute approximate surface area is 161 Å². The third-order valence-corrected chi connectivity index (χ3v) is 4.70. The molecule has 0 aliphatic rings. The van der Waals surface area contributed by atoms with Gasteiger partial charge in [0.2, 0.25) is 0 Å². The highest BCUT2D eigenvalue weighted by Gasteiger charge is 2.14. The molecule has 0 atom stereocenters. The number of para-hydroxylation sites is 1. The molecule has 1 heterocycles. The molecular weight excluding hydrogens is 362 g/mol. The standard InChI is InChI=1S/C20H19N3O3S/c1-13-6-5-9-17(14(13)2)26-12-18(24)22-16-8-4-3-7-15(16)19(25)23-20-21-10-11-27-20/h3-11H,12H2,1-2H3,(H,22,24)(H,21,23,25). The normalized spacial score (nSPS) is 10.3. The summed E-state index contributed by atoms with van der Waals surface area (Å²) < 4.78 is 5.62. The number of amides is 2. The molecule has 0 unspecified atom stereocenters. The van der Waals surface area contributed by atoms with Crippen LogP contribution in [-0.4, -0.2) is 23.4 Å². The fourth-order valence-corrected chi connectivity index (χ4v) is 2.97. The Bertz CT molecular complexity index is 955. The summed E-state index contributed by atoms with van der Waals surface area (Å²) >= 11 is 1.32. The summed E-state index contributed by atoms with van der Waals surface area (Å²) in [5.74, 6) is -0.0124. The molecule has 2 amide bonds. The molecule has 138 valence electrons. The molecule has 2 aromatic carbocycles. The molecule has 0 saturated carbocycles. The minimum absolute atomic E-state index is 0.146. The average molecular weight is 381 g/mol. The molecule has 2 N–H and O–H groups in total. The van der Waals surface area contributed by atoms with Crippen LogP contribution in [0.5, 0.6) is 5.75 Å². The second-order valence-electron chi connectivity index (χ2n) is 5.87. The lowest BCUT2D eigenvalue weighted by molar-refractivity contribution is -0.118. The number of nitrogens with one attached hydrogen (secondary N) is 2. The van der Waals surface area contributed by atoms with Crippen molar-refractivity contribution in [3.63, 3.8) is 0 Å². The van der Waals surface area contributed by atoms with Gasteiger partial charge in [0.15, 0.2) is 11.7 Å². The summed E-state index contributed by atoms with van der Waals surface area (Å²) in [6.45, 7) is 3.78. The monoisotopic (exact) mass is 381 g/mol. The quantitative estimate of drug-likeness (QED) is 0.676. The summed E-state index contributed by atoms with van der Waals surface area (Å²) in [5.41, 5.74) is 2.86. The van der Waals surface area contributed by atoms with Gasteiger partial charge in [-0.1, -0.05) is 24.3 Å². The molecule has 7 heteroatoms. The van der Waals surface area contributed by atoms with Crippen LogP contribution in [0.3, 0.4) is 0 Å². The molecular formula is C20H19N3O3S.